The number of nitrogens with one attached hydrogen (secondary N) is 1. The molecular weight excluding hydrogens is 260 g/mol. The Kier molecular flexibility index (Phi) is 4.10. The van der Waals surface area contributed by atoms with Crippen molar-refractivity contribution in [2.24, 2.45) is 0 Å². The van der Waals surface area contributed by atoms with E-state index < -0.39 is 0 Å². The summed E-state index contributed by atoms with van der Waals surface area (Å²) in [5.41, 5.74) is 8.00. The Bertz CT molecular complexity index is 505. The van der Waals surface area contributed by atoms with Crippen molar-refractivity contribution in [3.8, 4) is 0 Å². The smallest absolute Gasteiger partial charge is 0.323 e. The van der Waals surface area contributed by atoms with Gasteiger partial charge < -0.3 is 15.6 Å². The molecule has 0 amide bonds. The Balaban J connectivity index is 1.67. The largest absolute Gasteiger partial charge is 0.468 e. The van der Waals surface area contributed by atoms with Crippen molar-refractivity contribution in [1.29, 1.82) is 0 Å². The number of hydrogen-bond acceptors (Lipinski definition) is 7. The minimum Gasteiger partial charge on any atom is -0.468 e. The maximum absolute atomic E-state index is 11.3. The fourth-order valence-electron chi connectivity index (χ4n) is 1.15. The van der Waals surface area contributed by atoms with Gasteiger partial charge in [0.25, 0.3) is 0 Å². The minimum absolute atomic E-state index is 0.0331. The Morgan fingerprint density at radius 1 is 1.65 bits per heavy atom. The second-order valence-electron chi connectivity index (χ2n) is 3.20. The van der Waals surface area contributed by atoms with E-state index in [1.807, 2.05) is 12.1 Å². The number of rotatable bonds is 6. The third kappa shape index (κ3) is 3.27. The van der Waals surface area contributed by atoms with Crippen molar-refractivity contribution in [2.45, 2.75) is 5.75 Å². The lowest BCUT2D eigenvalue weighted by atomic mass is 10.5. The van der Waals surface area contributed by atoms with E-state index in [2.05, 4.69) is 9.80 Å². The molecular formula is C9H12N4O2S2. The van der Waals surface area contributed by atoms with Crippen LogP contribution in [0.15, 0.2) is 27.6 Å². The van der Waals surface area contributed by atoms with Crippen molar-refractivity contribution >= 4 is 29.3 Å². The highest BCUT2D eigenvalue weighted by Gasteiger charge is 2.03. The third-order valence-corrected chi connectivity index (χ3v) is 3.67. The number of aromatic nitrogens is 2. The topological polar surface area (TPSA) is 86.1 Å². The standard InChI is InChI=1S/C9H12N4O2S2/c10-8-9(14)13(17-12-8)11-3-5-16-6-7-2-1-4-15-7/h1-2,4,11H,3,5-6H2,(H2,10,12). The summed E-state index contributed by atoms with van der Waals surface area (Å²) >= 11 is 2.75. The number of nitrogens with two attached hydrogens (primary N) is 1. The molecule has 0 unspecified atom stereocenters. The van der Waals surface area contributed by atoms with Crippen molar-refractivity contribution in [3.05, 3.63) is 34.5 Å². The highest BCUT2D eigenvalue weighted by Crippen LogP contribution is 2.11. The summed E-state index contributed by atoms with van der Waals surface area (Å²) in [5, 5.41) is 0. The first kappa shape index (κ1) is 12.1. The van der Waals surface area contributed by atoms with Gasteiger partial charge in [0, 0.05) is 12.3 Å². The zero-order valence-corrected chi connectivity index (χ0v) is 10.6. The van der Waals surface area contributed by atoms with E-state index in [0.29, 0.717) is 6.54 Å². The first-order chi connectivity index (χ1) is 8.27. The molecule has 0 aliphatic carbocycles. The number of anilines is 1. The van der Waals surface area contributed by atoms with E-state index in [-0.39, 0.29) is 11.4 Å². The van der Waals surface area contributed by atoms with Gasteiger partial charge in [-0.2, -0.15) is 20.2 Å². The van der Waals surface area contributed by atoms with Gasteiger partial charge in [-0.05, 0) is 12.1 Å². The van der Waals surface area contributed by atoms with Crippen LogP contribution in [0, 0.1) is 0 Å². The van der Waals surface area contributed by atoms with E-state index in [4.69, 9.17) is 10.2 Å². The molecule has 2 aromatic heterocycles. The number of hydrogen-bond donors (Lipinski definition) is 2. The van der Waals surface area contributed by atoms with Crippen molar-refractivity contribution in [3.63, 3.8) is 0 Å². The molecule has 0 bridgehead atoms. The molecule has 0 atom stereocenters. The lowest BCUT2D eigenvalue weighted by Crippen LogP contribution is -2.26. The van der Waals surface area contributed by atoms with E-state index in [0.717, 1.165) is 29.0 Å². The van der Waals surface area contributed by atoms with Gasteiger partial charge in [0.2, 0.25) is 5.82 Å². The summed E-state index contributed by atoms with van der Waals surface area (Å²) in [6, 6.07) is 3.81. The quantitative estimate of drug-likeness (QED) is 0.762. The summed E-state index contributed by atoms with van der Waals surface area (Å²) in [6.45, 7) is 0.674. The lowest BCUT2D eigenvalue weighted by Gasteiger charge is -2.03. The van der Waals surface area contributed by atoms with Gasteiger partial charge >= 0.3 is 5.56 Å². The maximum Gasteiger partial charge on any atom is 0.323 e. The molecule has 0 aromatic carbocycles. The molecule has 92 valence electrons. The molecule has 0 aliphatic rings. The summed E-state index contributed by atoms with van der Waals surface area (Å²) < 4.78 is 10.3. The van der Waals surface area contributed by atoms with Crippen LogP contribution in [0.5, 0.6) is 0 Å². The number of nitrogen functional groups attached to an aromatic ring is 1. The fourth-order valence-corrected chi connectivity index (χ4v) is 2.46. The van der Waals surface area contributed by atoms with E-state index in [1.54, 1.807) is 18.0 Å². The fraction of sp³-hybridized carbons (Fsp3) is 0.333. The van der Waals surface area contributed by atoms with Crippen LogP contribution in [-0.2, 0) is 5.75 Å². The molecule has 0 fully saturated rings. The molecule has 0 aliphatic heterocycles. The third-order valence-electron chi connectivity index (χ3n) is 1.95. The molecule has 0 spiro atoms. The van der Waals surface area contributed by atoms with Crippen LogP contribution in [0.25, 0.3) is 0 Å². The van der Waals surface area contributed by atoms with Gasteiger partial charge in [-0.3, -0.25) is 4.79 Å². The molecule has 6 nitrogen and oxygen atoms in total. The Hall–Kier alpha value is -1.41. The molecule has 2 heterocycles. The summed E-state index contributed by atoms with van der Waals surface area (Å²) in [7, 11) is 0. The Labute approximate surface area is 106 Å². The van der Waals surface area contributed by atoms with E-state index in [1.165, 1.54) is 4.07 Å². The van der Waals surface area contributed by atoms with Crippen LogP contribution in [0.4, 0.5) is 5.82 Å². The van der Waals surface area contributed by atoms with E-state index >= 15 is 0 Å². The first-order valence-electron chi connectivity index (χ1n) is 4.96. The summed E-state index contributed by atoms with van der Waals surface area (Å²) in [6.07, 6.45) is 1.66. The van der Waals surface area contributed by atoms with Crippen LogP contribution in [0.3, 0.4) is 0 Å². The van der Waals surface area contributed by atoms with Crippen molar-refractivity contribution in [1.82, 2.24) is 8.44 Å². The molecule has 2 aromatic rings. The normalized spacial score (nSPS) is 10.6. The van der Waals surface area contributed by atoms with Crippen LogP contribution in [-0.4, -0.2) is 20.7 Å². The zero-order valence-electron chi connectivity index (χ0n) is 8.96. The Morgan fingerprint density at radius 3 is 3.18 bits per heavy atom. The van der Waals surface area contributed by atoms with E-state index in [9.17, 15) is 4.79 Å². The molecule has 17 heavy (non-hydrogen) atoms. The second kappa shape index (κ2) is 5.78. The second-order valence-corrected chi connectivity index (χ2v) is 5.01. The summed E-state index contributed by atoms with van der Waals surface area (Å²) in [4.78, 5) is 11.3. The highest BCUT2D eigenvalue weighted by atomic mass is 32.2. The Morgan fingerprint density at radius 2 is 2.53 bits per heavy atom. The number of furan rings is 1. The first-order valence-corrected chi connectivity index (χ1v) is 6.84. The van der Waals surface area contributed by atoms with Gasteiger partial charge in [0.15, 0.2) is 0 Å². The lowest BCUT2D eigenvalue weighted by molar-refractivity contribution is 0.530. The minimum atomic E-state index is -0.286. The summed E-state index contributed by atoms with van der Waals surface area (Å²) in [5.74, 6) is 2.68. The van der Waals surface area contributed by atoms with Gasteiger partial charge in [-0.25, -0.2) is 0 Å². The van der Waals surface area contributed by atoms with Crippen LogP contribution >= 0.6 is 23.5 Å². The van der Waals surface area contributed by atoms with Crippen LogP contribution in [0.1, 0.15) is 5.76 Å². The SMILES string of the molecule is Nc1nsn(NCCSCc2ccco2)c1=O. The zero-order chi connectivity index (χ0) is 12.1. The predicted octanol–water partition coefficient (Wildman–Crippen LogP) is 0.957. The highest BCUT2D eigenvalue weighted by molar-refractivity contribution is 7.98. The van der Waals surface area contributed by atoms with Gasteiger partial charge in [-0.15, -0.1) is 0 Å². The molecule has 0 saturated heterocycles. The van der Waals surface area contributed by atoms with Gasteiger partial charge in [0.05, 0.1) is 23.7 Å². The van der Waals surface area contributed by atoms with Gasteiger partial charge in [-0.1, -0.05) is 0 Å². The monoisotopic (exact) mass is 272 g/mol. The predicted molar refractivity (Wildman–Crippen MR) is 69.9 cm³/mol. The molecule has 0 saturated carbocycles. The van der Waals surface area contributed by atoms with Crippen LogP contribution in [0.2, 0.25) is 0 Å². The average molecular weight is 272 g/mol. The molecule has 3 N–H and O–H groups in total. The number of nitrogens with zero attached hydrogens (tertiary/aromatic N) is 2. The van der Waals surface area contributed by atoms with Gasteiger partial charge in [0.1, 0.15) is 5.76 Å². The van der Waals surface area contributed by atoms with Crippen molar-refractivity contribution in [2.75, 3.05) is 23.5 Å². The molecule has 2 rings (SSSR count). The van der Waals surface area contributed by atoms with Crippen LogP contribution < -0.4 is 16.7 Å². The maximum atomic E-state index is 11.3. The average Bonchev–Trinajstić information content (AvgIpc) is 2.93. The number of thioether (sulfide) groups is 1. The molecule has 0 radical (unpaired) electrons. The van der Waals surface area contributed by atoms with Crippen molar-refractivity contribution < 1.29 is 4.42 Å². The molecule has 8 heteroatoms.